The third-order valence-corrected chi connectivity index (χ3v) is 2.07. The Bertz CT molecular complexity index is 432. The molecule has 0 radical (unpaired) electrons. The third-order valence-electron chi connectivity index (χ3n) is 2.07. The third kappa shape index (κ3) is 9.67. The van der Waals surface area contributed by atoms with Gasteiger partial charge < -0.3 is 15.9 Å². The van der Waals surface area contributed by atoms with Crippen molar-refractivity contribution in [1.29, 1.82) is 0 Å². The summed E-state index contributed by atoms with van der Waals surface area (Å²) >= 11 is 0. The molecule has 2 aromatic rings. The SMILES string of the molecule is CCCN.O=Cc1ccccc1.Oc1ccc(O)cc1. The lowest BCUT2D eigenvalue weighted by molar-refractivity contribution is 0.112. The standard InChI is InChI=1S/C7H6O.C6H6O2.C3H9N/c8-6-7-4-2-1-3-5-7;7-5-1-2-6(8)4-3-5;1-2-3-4/h1-6H;1-4,7-8H;2-4H2,1H3. The lowest BCUT2D eigenvalue weighted by atomic mass is 10.2. The van der Waals surface area contributed by atoms with E-state index < -0.39 is 0 Å². The number of carbonyl (C=O) groups excluding carboxylic acids is 1. The molecular weight excluding hydrogens is 254 g/mol. The molecule has 0 bridgehead atoms. The molecule has 0 saturated heterocycles. The monoisotopic (exact) mass is 275 g/mol. The largest absolute Gasteiger partial charge is 0.508 e. The lowest BCUT2D eigenvalue weighted by Crippen LogP contribution is -1.93. The molecule has 2 rings (SSSR count). The van der Waals surface area contributed by atoms with Gasteiger partial charge in [0.2, 0.25) is 0 Å². The molecule has 0 aliphatic rings. The van der Waals surface area contributed by atoms with Gasteiger partial charge in [-0.25, -0.2) is 0 Å². The number of aldehydes is 1. The van der Waals surface area contributed by atoms with Crippen molar-refractivity contribution >= 4 is 6.29 Å². The molecule has 108 valence electrons. The van der Waals surface area contributed by atoms with E-state index in [-0.39, 0.29) is 11.5 Å². The summed E-state index contributed by atoms with van der Waals surface area (Å²) in [6.45, 7) is 2.88. The molecule has 20 heavy (non-hydrogen) atoms. The highest BCUT2D eigenvalue weighted by molar-refractivity contribution is 5.74. The van der Waals surface area contributed by atoms with Crippen LogP contribution in [-0.4, -0.2) is 23.0 Å². The van der Waals surface area contributed by atoms with Crippen LogP contribution >= 0.6 is 0 Å². The first kappa shape index (κ1) is 17.7. The fourth-order valence-corrected chi connectivity index (χ4v) is 0.984. The number of carbonyl (C=O) groups is 1. The molecule has 4 heteroatoms. The van der Waals surface area contributed by atoms with Gasteiger partial charge in [0, 0.05) is 5.56 Å². The van der Waals surface area contributed by atoms with Crippen LogP contribution in [-0.2, 0) is 0 Å². The quantitative estimate of drug-likeness (QED) is 0.581. The summed E-state index contributed by atoms with van der Waals surface area (Å²) in [5, 5.41) is 17.3. The van der Waals surface area contributed by atoms with Gasteiger partial charge in [-0.1, -0.05) is 37.3 Å². The van der Waals surface area contributed by atoms with Crippen LogP contribution in [0.3, 0.4) is 0 Å². The fourth-order valence-electron chi connectivity index (χ4n) is 0.984. The Labute approximate surface area is 119 Å². The Hall–Kier alpha value is -2.33. The average Bonchev–Trinajstić information content (AvgIpc) is 2.52. The van der Waals surface area contributed by atoms with E-state index in [0.717, 1.165) is 24.8 Å². The Kier molecular flexibility index (Phi) is 10.4. The molecule has 0 atom stereocenters. The van der Waals surface area contributed by atoms with Gasteiger partial charge in [-0.15, -0.1) is 0 Å². The van der Waals surface area contributed by atoms with Crippen LogP contribution in [0.15, 0.2) is 54.6 Å². The first-order valence-corrected chi connectivity index (χ1v) is 6.32. The van der Waals surface area contributed by atoms with Crippen molar-refractivity contribution in [2.24, 2.45) is 5.73 Å². The number of benzene rings is 2. The minimum atomic E-state index is 0.169. The summed E-state index contributed by atoms with van der Waals surface area (Å²) in [5.74, 6) is 0.339. The highest BCUT2D eigenvalue weighted by Gasteiger charge is 1.84. The molecule has 0 saturated carbocycles. The van der Waals surface area contributed by atoms with Crippen LogP contribution in [0.1, 0.15) is 23.7 Å². The second kappa shape index (κ2) is 11.7. The van der Waals surface area contributed by atoms with Gasteiger partial charge in [0.1, 0.15) is 17.8 Å². The Morgan fingerprint density at radius 3 is 1.60 bits per heavy atom. The number of hydrogen-bond acceptors (Lipinski definition) is 4. The van der Waals surface area contributed by atoms with E-state index in [1.807, 2.05) is 18.2 Å². The molecule has 2 aromatic carbocycles. The van der Waals surface area contributed by atoms with Crippen LogP contribution in [0, 0.1) is 0 Å². The Balaban J connectivity index is 0.000000289. The van der Waals surface area contributed by atoms with Crippen molar-refractivity contribution in [3.8, 4) is 11.5 Å². The van der Waals surface area contributed by atoms with Crippen molar-refractivity contribution in [2.75, 3.05) is 6.54 Å². The van der Waals surface area contributed by atoms with E-state index in [1.54, 1.807) is 12.1 Å². The smallest absolute Gasteiger partial charge is 0.150 e. The van der Waals surface area contributed by atoms with Gasteiger partial charge in [0.05, 0.1) is 0 Å². The Morgan fingerprint density at radius 1 is 0.950 bits per heavy atom. The Morgan fingerprint density at radius 2 is 1.35 bits per heavy atom. The summed E-state index contributed by atoms with van der Waals surface area (Å²) in [4.78, 5) is 10.0. The van der Waals surface area contributed by atoms with Gasteiger partial charge in [-0.05, 0) is 37.2 Å². The van der Waals surface area contributed by atoms with E-state index in [1.165, 1.54) is 24.3 Å². The maximum atomic E-state index is 10.0. The van der Waals surface area contributed by atoms with E-state index >= 15 is 0 Å². The van der Waals surface area contributed by atoms with Crippen LogP contribution < -0.4 is 5.73 Å². The summed E-state index contributed by atoms with van der Waals surface area (Å²) in [6.07, 6.45) is 1.93. The summed E-state index contributed by atoms with van der Waals surface area (Å²) in [7, 11) is 0. The van der Waals surface area contributed by atoms with E-state index in [0.29, 0.717) is 0 Å². The topological polar surface area (TPSA) is 83.6 Å². The number of rotatable bonds is 2. The number of aromatic hydroxyl groups is 2. The van der Waals surface area contributed by atoms with E-state index in [2.05, 4.69) is 6.92 Å². The zero-order chi connectivity index (χ0) is 15.2. The van der Waals surface area contributed by atoms with E-state index in [9.17, 15) is 4.79 Å². The van der Waals surface area contributed by atoms with Crippen LogP contribution in [0.5, 0.6) is 11.5 Å². The zero-order valence-corrected chi connectivity index (χ0v) is 11.6. The normalized spacial score (nSPS) is 8.50. The second-order valence-corrected chi connectivity index (χ2v) is 3.83. The summed E-state index contributed by atoms with van der Waals surface area (Å²) < 4.78 is 0. The zero-order valence-electron chi connectivity index (χ0n) is 11.6. The predicted molar refractivity (Wildman–Crippen MR) is 80.9 cm³/mol. The molecule has 4 nitrogen and oxygen atoms in total. The van der Waals surface area contributed by atoms with Crippen molar-refractivity contribution < 1.29 is 15.0 Å². The van der Waals surface area contributed by atoms with Gasteiger partial charge in [-0.2, -0.15) is 0 Å². The highest BCUT2D eigenvalue weighted by atomic mass is 16.3. The molecule has 0 heterocycles. The molecule has 0 aliphatic heterocycles. The van der Waals surface area contributed by atoms with Gasteiger partial charge in [0.25, 0.3) is 0 Å². The highest BCUT2D eigenvalue weighted by Crippen LogP contribution is 2.13. The van der Waals surface area contributed by atoms with Gasteiger partial charge >= 0.3 is 0 Å². The first-order chi connectivity index (χ1) is 9.63. The molecule has 0 spiro atoms. The second-order valence-electron chi connectivity index (χ2n) is 3.83. The van der Waals surface area contributed by atoms with Crippen molar-refractivity contribution in [1.82, 2.24) is 0 Å². The predicted octanol–water partition coefficient (Wildman–Crippen LogP) is 2.95. The molecule has 0 aromatic heterocycles. The minimum absolute atomic E-state index is 0.169. The maximum Gasteiger partial charge on any atom is 0.150 e. The molecule has 0 fully saturated rings. The molecule has 0 amide bonds. The summed E-state index contributed by atoms with van der Waals surface area (Å²) in [5.41, 5.74) is 5.76. The molecule has 0 unspecified atom stereocenters. The number of nitrogens with two attached hydrogens (primary N) is 1. The minimum Gasteiger partial charge on any atom is -0.508 e. The van der Waals surface area contributed by atoms with Crippen LogP contribution in [0.2, 0.25) is 0 Å². The van der Waals surface area contributed by atoms with Gasteiger partial charge in [-0.3, -0.25) is 4.79 Å². The average molecular weight is 275 g/mol. The van der Waals surface area contributed by atoms with Crippen molar-refractivity contribution in [3.63, 3.8) is 0 Å². The van der Waals surface area contributed by atoms with E-state index in [4.69, 9.17) is 15.9 Å². The number of hydrogen-bond donors (Lipinski definition) is 3. The number of phenolic OH excluding ortho intramolecular Hbond substituents is 2. The first-order valence-electron chi connectivity index (χ1n) is 6.32. The van der Waals surface area contributed by atoms with Crippen molar-refractivity contribution in [3.05, 3.63) is 60.2 Å². The van der Waals surface area contributed by atoms with Crippen LogP contribution in [0.4, 0.5) is 0 Å². The van der Waals surface area contributed by atoms with Crippen molar-refractivity contribution in [2.45, 2.75) is 13.3 Å². The van der Waals surface area contributed by atoms with Gasteiger partial charge in [0.15, 0.2) is 0 Å². The molecular formula is C16H21NO3. The fraction of sp³-hybridized carbons (Fsp3) is 0.188. The summed E-state index contributed by atoms with van der Waals surface area (Å²) in [6, 6.07) is 14.8. The molecule has 4 N–H and O–H groups in total. The maximum absolute atomic E-state index is 10.0. The number of phenols is 2. The lowest BCUT2D eigenvalue weighted by Gasteiger charge is -1.88. The van der Waals surface area contributed by atoms with Crippen LogP contribution in [0.25, 0.3) is 0 Å². The molecule has 0 aliphatic carbocycles.